The minimum atomic E-state index is -1.13. The predicted molar refractivity (Wildman–Crippen MR) is 212 cm³/mol. The topological polar surface area (TPSA) is 192 Å². The van der Waals surface area contributed by atoms with Crippen LogP contribution in [0.1, 0.15) is 102 Å². The van der Waals surface area contributed by atoms with E-state index in [1.807, 2.05) is 33.8 Å². The number of imide groups is 2. The van der Waals surface area contributed by atoms with Gasteiger partial charge in [0.05, 0.1) is 40.6 Å². The summed E-state index contributed by atoms with van der Waals surface area (Å²) in [6.07, 6.45) is 3.91. The van der Waals surface area contributed by atoms with E-state index in [1.54, 1.807) is 43.3 Å². The van der Waals surface area contributed by atoms with Crippen LogP contribution in [0.5, 0.6) is 11.6 Å². The average Bonchev–Trinajstić information content (AvgIpc) is 3.44. The van der Waals surface area contributed by atoms with Crippen molar-refractivity contribution in [2.24, 2.45) is 16.6 Å². The summed E-state index contributed by atoms with van der Waals surface area (Å²) in [6, 6.07) is 12.0. The molecular formula is C43H50N8O7. The molecule has 0 radical (unpaired) electrons. The zero-order chi connectivity index (χ0) is 41.5. The summed E-state index contributed by atoms with van der Waals surface area (Å²) in [6.45, 7) is 14.4. The van der Waals surface area contributed by atoms with Crippen molar-refractivity contribution in [3.8, 4) is 17.7 Å². The number of benzene rings is 1. The molecule has 304 valence electrons. The standard InChI is InChI=1S/C43H50N8O7/c1-26-27(24-44)10-15-34(47-26)58-41-42(2,3)40(43(41,4)5)51-35(52)16-13-32(39(51)56)50-37(54)30-12-11-29(23-31(30)38(50)55)57-22-8-6-7-17-48-18-20-49(21-19-48)33-14-9-28(25-46-33)36(45)53/h9-12,14-15,23,25,32,40-41H,6-8,13,16-22H2,1-5H3,(H2,45,53). The fourth-order valence-corrected chi connectivity index (χ4v) is 9.55. The van der Waals surface area contributed by atoms with E-state index in [1.165, 1.54) is 11.1 Å². The molecule has 5 heterocycles. The van der Waals surface area contributed by atoms with E-state index >= 15 is 0 Å². The van der Waals surface area contributed by atoms with Gasteiger partial charge in [0.2, 0.25) is 17.7 Å². The van der Waals surface area contributed by atoms with Gasteiger partial charge >= 0.3 is 0 Å². The molecule has 0 spiro atoms. The van der Waals surface area contributed by atoms with Crippen molar-refractivity contribution in [3.05, 3.63) is 76.6 Å². The third-order valence-corrected chi connectivity index (χ3v) is 12.2. The molecule has 2 saturated heterocycles. The molecule has 58 heavy (non-hydrogen) atoms. The van der Waals surface area contributed by atoms with Gasteiger partial charge in [0, 0.05) is 55.7 Å². The monoisotopic (exact) mass is 790 g/mol. The number of rotatable bonds is 13. The van der Waals surface area contributed by atoms with Crippen LogP contribution < -0.4 is 20.1 Å². The Balaban J connectivity index is 0.907. The van der Waals surface area contributed by atoms with Gasteiger partial charge in [0.1, 0.15) is 29.8 Å². The SMILES string of the molecule is Cc1nc(OC2C(C)(C)C(N3C(=O)CCC(N4C(=O)c5ccc(OCCCCCN6CCN(c7ccc(C(N)=O)cn7)CC6)cc5C4=O)C3=O)C2(C)C)ccc1C#N. The number of hydrogen-bond acceptors (Lipinski definition) is 12. The fraction of sp³-hybridized carbons (Fsp3) is 0.488. The van der Waals surface area contributed by atoms with Gasteiger partial charge in [-0.25, -0.2) is 9.97 Å². The molecule has 1 atom stereocenters. The number of fused-ring (bicyclic) bond motifs is 1. The highest BCUT2D eigenvalue weighted by Gasteiger charge is 2.68. The molecule has 1 aromatic carbocycles. The summed E-state index contributed by atoms with van der Waals surface area (Å²) in [7, 11) is 0. The maximum Gasteiger partial charge on any atom is 0.262 e. The Bertz CT molecular complexity index is 2160. The number of anilines is 1. The number of unbranched alkanes of at least 4 members (excludes halogenated alkanes) is 2. The third-order valence-electron chi connectivity index (χ3n) is 12.2. The Hall–Kier alpha value is -5.88. The van der Waals surface area contributed by atoms with Crippen molar-refractivity contribution in [2.75, 3.05) is 44.2 Å². The minimum Gasteiger partial charge on any atom is -0.494 e. The van der Waals surface area contributed by atoms with Gasteiger partial charge < -0.3 is 20.1 Å². The molecule has 1 aliphatic carbocycles. The highest BCUT2D eigenvalue weighted by Crippen LogP contribution is 2.58. The number of piperazine rings is 1. The van der Waals surface area contributed by atoms with Crippen LogP contribution in [0, 0.1) is 29.1 Å². The number of piperidine rings is 1. The molecule has 3 fully saturated rings. The van der Waals surface area contributed by atoms with E-state index in [4.69, 9.17) is 15.2 Å². The van der Waals surface area contributed by atoms with Crippen LogP contribution in [-0.4, -0.2) is 112 Å². The molecule has 4 aliphatic rings. The summed E-state index contributed by atoms with van der Waals surface area (Å²) in [5, 5.41) is 9.30. The highest BCUT2D eigenvalue weighted by molar-refractivity contribution is 6.23. The lowest BCUT2D eigenvalue weighted by Crippen LogP contribution is -2.77. The zero-order valence-electron chi connectivity index (χ0n) is 33.7. The zero-order valence-corrected chi connectivity index (χ0v) is 33.7. The minimum absolute atomic E-state index is 0.00444. The molecule has 3 aliphatic heterocycles. The number of carbonyl (C=O) groups is 5. The Morgan fingerprint density at radius 3 is 2.29 bits per heavy atom. The number of nitriles is 1. The van der Waals surface area contributed by atoms with E-state index in [9.17, 15) is 29.2 Å². The second-order valence-corrected chi connectivity index (χ2v) is 16.8. The quantitative estimate of drug-likeness (QED) is 0.193. The average molecular weight is 791 g/mol. The molecule has 15 heteroatoms. The third kappa shape index (κ3) is 7.37. The van der Waals surface area contributed by atoms with Crippen LogP contribution >= 0.6 is 0 Å². The molecule has 1 unspecified atom stereocenters. The lowest BCUT2D eigenvalue weighted by Gasteiger charge is -2.65. The van der Waals surface area contributed by atoms with Crippen molar-refractivity contribution >= 4 is 35.4 Å². The summed E-state index contributed by atoms with van der Waals surface area (Å²) in [5.41, 5.74) is 5.68. The molecule has 5 amide bonds. The summed E-state index contributed by atoms with van der Waals surface area (Å²) >= 11 is 0. The van der Waals surface area contributed by atoms with Crippen LogP contribution in [0.2, 0.25) is 0 Å². The van der Waals surface area contributed by atoms with Gasteiger partial charge in [0.25, 0.3) is 17.7 Å². The summed E-state index contributed by atoms with van der Waals surface area (Å²) in [5.74, 6) is -0.899. The maximum atomic E-state index is 14.3. The number of nitrogens with zero attached hydrogens (tertiary/aromatic N) is 7. The fourth-order valence-electron chi connectivity index (χ4n) is 9.55. The second kappa shape index (κ2) is 15.8. The van der Waals surface area contributed by atoms with Crippen LogP contribution in [0.15, 0.2) is 48.7 Å². The number of pyridine rings is 2. The molecular weight excluding hydrogens is 741 g/mol. The van der Waals surface area contributed by atoms with E-state index in [-0.39, 0.29) is 29.9 Å². The summed E-state index contributed by atoms with van der Waals surface area (Å²) < 4.78 is 12.4. The number of ether oxygens (including phenoxy) is 2. The lowest BCUT2D eigenvalue weighted by atomic mass is 9.48. The van der Waals surface area contributed by atoms with Gasteiger partial charge in [-0.1, -0.05) is 27.7 Å². The number of primary amides is 1. The lowest BCUT2D eigenvalue weighted by molar-refractivity contribution is -0.216. The molecule has 1 saturated carbocycles. The van der Waals surface area contributed by atoms with Crippen LogP contribution in [0.4, 0.5) is 5.82 Å². The second-order valence-electron chi connectivity index (χ2n) is 16.8. The van der Waals surface area contributed by atoms with Crippen molar-refractivity contribution in [3.63, 3.8) is 0 Å². The largest absolute Gasteiger partial charge is 0.494 e. The number of hydrogen-bond donors (Lipinski definition) is 1. The normalized spacial score (nSPS) is 22.7. The number of aromatic nitrogens is 2. The van der Waals surface area contributed by atoms with Gasteiger partial charge in [-0.15, -0.1) is 0 Å². The maximum absolute atomic E-state index is 14.3. The molecule has 3 aromatic rings. The first-order chi connectivity index (χ1) is 27.6. The van der Waals surface area contributed by atoms with Crippen LogP contribution in [-0.2, 0) is 9.59 Å². The predicted octanol–water partition coefficient (Wildman–Crippen LogP) is 4.12. The number of aryl methyl sites for hydroxylation is 1. The molecule has 2 N–H and O–H groups in total. The molecule has 15 nitrogen and oxygen atoms in total. The van der Waals surface area contributed by atoms with E-state index in [0.29, 0.717) is 35.1 Å². The Kier molecular flexibility index (Phi) is 11.0. The summed E-state index contributed by atoms with van der Waals surface area (Å²) in [4.78, 5) is 82.4. The number of likely N-dealkylation sites (tertiary alicyclic amines) is 1. The first kappa shape index (κ1) is 40.3. The van der Waals surface area contributed by atoms with Crippen LogP contribution in [0.25, 0.3) is 0 Å². The number of carbonyl (C=O) groups excluding carboxylic acids is 5. The van der Waals surface area contributed by atoms with Crippen molar-refractivity contribution in [1.29, 1.82) is 5.26 Å². The van der Waals surface area contributed by atoms with Gasteiger partial charge in [-0.05, 0) is 75.5 Å². The Morgan fingerprint density at radius 1 is 0.914 bits per heavy atom. The van der Waals surface area contributed by atoms with Crippen molar-refractivity contribution in [1.82, 2.24) is 24.7 Å². The Morgan fingerprint density at radius 2 is 1.64 bits per heavy atom. The van der Waals surface area contributed by atoms with Crippen molar-refractivity contribution < 1.29 is 33.4 Å². The highest BCUT2D eigenvalue weighted by atomic mass is 16.5. The molecule has 7 rings (SSSR count). The van der Waals surface area contributed by atoms with Gasteiger partial charge in [-0.3, -0.25) is 38.7 Å². The first-order valence-electron chi connectivity index (χ1n) is 19.9. The van der Waals surface area contributed by atoms with Gasteiger partial charge in [0.15, 0.2) is 0 Å². The number of nitrogens with two attached hydrogens (primary N) is 1. The first-order valence-corrected chi connectivity index (χ1v) is 19.9. The van der Waals surface area contributed by atoms with E-state index in [2.05, 4.69) is 25.8 Å². The number of amides is 5. The van der Waals surface area contributed by atoms with E-state index in [0.717, 1.165) is 62.7 Å². The smallest absolute Gasteiger partial charge is 0.262 e. The molecule has 0 bridgehead atoms. The van der Waals surface area contributed by atoms with Crippen LogP contribution in [0.3, 0.4) is 0 Å². The van der Waals surface area contributed by atoms with Gasteiger partial charge in [-0.2, -0.15) is 5.26 Å². The van der Waals surface area contributed by atoms with E-state index < -0.39 is 52.6 Å². The Labute approximate surface area is 338 Å². The van der Waals surface area contributed by atoms with Crippen molar-refractivity contribution in [2.45, 2.75) is 84.9 Å². The molecule has 2 aromatic heterocycles.